The number of nitrogens with one attached hydrogen (secondary N) is 2. The van der Waals surface area contributed by atoms with Gasteiger partial charge < -0.3 is 10.6 Å². The molecule has 0 spiro atoms. The van der Waals surface area contributed by atoms with Gasteiger partial charge in [0, 0.05) is 17.6 Å². The van der Waals surface area contributed by atoms with Gasteiger partial charge in [-0.15, -0.1) is 11.3 Å². The number of anilines is 3. The molecule has 2 N–H and O–H groups in total. The highest BCUT2D eigenvalue weighted by Crippen LogP contribution is 2.31. The second-order valence-corrected chi connectivity index (χ2v) is 5.90. The van der Waals surface area contributed by atoms with Gasteiger partial charge in [-0.3, -0.25) is 0 Å². The molecular weight excluding hydrogens is 268 g/mol. The number of nitrogens with zero attached hydrogens (tertiary/aromatic N) is 2. The highest BCUT2D eigenvalue weighted by Gasteiger charge is 2.10. The number of aryl methyl sites for hydroxylation is 2. The average Bonchev–Trinajstić information content (AvgIpc) is 2.81. The summed E-state index contributed by atoms with van der Waals surface area (Å²) in [6, 6.07) is 10.3. The summed E-state index contributed by atoms with van der Waals surface area (Å²) in [6.07, 6.45) is 0. The maximum absolute atomic E-state index is 4.54. The van der Waals surface area contributed by atoms with Crippen LogP contribution in [0.4, 0.5) is 17.5 Å². The Morgan fingerprint density at radius 1 is 1.10 bits per heavy atom. The topological polar surface area (TPSA) is 49.8 Å². The first-order chi connectivity index (χ1) is 9.67. The third-order valence-corrected chi connectivity index (χ3v) is 4.08. The van der Waals surface area contributed by atoms with Crippen LogP contribution < -0.4 is 10.6 Å². The van der Waals surface area contributed by atoms with Crippen molar-refractivity contribution in [3.8, 4) is 0 Å². The van der Waals surface area contributed by atoms with Crippen molar-refractivity contribution in [2.45, 2.75) is 13.8 Å². The molecule has 0 aliphatic rings. The van der Waals surface area contributed by atoms with Crippen molar-refractivity contribution in [1.82, 2.24) is 9.97 Å². The van der Waals surface area contributed by atoms with E-state index >= 15 is 0 Å². The standard InChI is InChI=1S/C15H16N4S/c1-9-6-4-5-7-12(9)17-13-11-8-10(2)20-14(11)19-15(16-3)18-13/h4-8H,1-3H3,(H2,16,17,18,19). The number of aromatic nitrogens is 2. The predicted octanol–water partition coefficient (Wildman–Crippen LogP) is 4.09. The summed E-state index contributed by atoms with van der Waals surface area (Å²) in [5.41, 5.74) is 2.26. The Labute approximate surface area is 121 Å². The number of thiophene rings is 1. The van der Waals surface area contributed by atoms with Gasteiger partial charge in [0.05, 0.1) is 5.39 Å². The van der Waals surface area contributed by atoms with Crippen molar-refractivity contribution >= 4 is 39.0 Å². The zero-order valence-corrected chi connectivity index (χ0v) is 12.5. The molecule has 0 radical (unpaired) electrons. The number of fused-ring (bicyclic) bond motifs is 1. The van der Waals surface area contributed by atoms with E-state index in [9.17, 15) is 0 Å². The Kier molecular flexibility index (Phi) is 3.28. The lowest BCUT2D eigenvalue weighted by molar-refractivity contribution is 1.20. The lowest BCUT2D eigenvalue weighted by atomic mass is 10.2. The van der Waals surface area contributed by atoms with Crippen molar-refractivity contribution in [1.29, 1.82) is 0 Å². The predicted molar refractivity (Wildman–Crippen MR) is 86.2 cm³/mol. The molecule has 3 aromatic rings. The molecular formula is C15H16N4S. The van der Waals surface area contributed by atoms with Crippen LogP contribution in [0.15, 0.2) is 30.3 Å². The molecule has 2 heterocycles. The molecule has 0 unspecified atom stereocenters. The molecule has 4 nitrogen and oxygen atoms in total. The Bertz CT molecular complexity index is 764. The Morgan fingerprint density at radius 2 is 1.90 bits per heavy atom. The molecule has 3 rings (SSSR count). The third kappa shape index (κ3) is 2.32. The molecule has 1 aromatic carbocycles. The van der Waals surface area contributed by atoms with Crippen molar-refractivity contribution in [3.05, 3.63) is 40.8 Å². The Balaban J connectivity index is 2.12. The molecule has 0 aliphatic heterocycles. The fourth-order valence-electron chi connectivity index (χ4n) is 2.09. The van der Waals surface area contributed by atoms with Gasteiger partial charge in [-0.05, 0) is 31.5 Å². The smallest absolute Gasteiger partial charge is 0.225 e. The van der Waals surface area contributed by atoms with Crippen LogP contribution in [0, 0.1) is 13.8 Å². The first-order valence-corrected chi connectivity index (χ1v) is 7.27. The molecule has 20 heavy (non-hydrogen) atoms. The number of para-hydroxylation sites is 1. The molecule has 0 atom stereocenters. The molecule has 0 saturated carbocycles. The number of rotatable bonds is 3. The summed E-state index contributed by atoms with van der Waals surface area (Å²) in [4.78, 5) is 11.3. The van der Waals surface area contributed by atoms with Crippen molar-refractivity contribution in [2.24, 2.45) is 0 Å². The van der Waals surface area contributed by atoms with Gasteiger partial charge in [0.15, 0.2) is 0 Å². The molecule has 0 aliphatic carbocycles. The van der Waals surface area contributed by atoms with E-state index in [1.807, 2.05) is 19.2 Å². The van der Waals surface area contributed by atoms with Crippen LogP contribution in [0.3, 0.4) is 0 Å². The van der Waals surface area contributed by atoms with Crippen molar-refractivity contribution in [2.75, 3.05) is 17.7 Å². The summed E-state index contributed by atoms with van der Waals surface area (Å²) >= 11 is 1.68. The van der Waals surface area contributed by atoms with Gasteiger partial charge >= 0.3 is 0 Å². The second kappa shape index (κ2) is 5.09. The molecule has 0 saturated heterocycles. The molecule has 102 valence electrons. The van der Waals surface area contributed by atoms with Crippen LogP contribution in [-0.2, 0) is 0 Å². The average molecular weight is 284 g/mol. The zero-order chi connectivity index (χ0) is 14.1. The molecule has 5 heteroatoms. The molecule has 0 bridgehead atoms. The van der Waals surface area contributed by atoms with Crippen molar-refractivity contribution in [3.63, 3.8) is 0 Å². The Morgan fingerprint density at radius 3 is 2.65 bits per heavy atom. The highest BCUT2D eigenvalue weighted by molar-refractivity contribution is 7.18. The Hall–Kier alpha value is -2.14. The normalized spacial score (nSPS) is 10.8. The summed E-state index contributed by atoms with van der Waals surface area (Å²) in [5.74, 6) is 1.48. The third-order valence-electron chi connectivity index (χ3n) is 3.14. The fraction of sp³-hybridized carbons (Fsp3) is 0.200. The van der Waals surface area contributed by atoms with Gasteiger partial charge in [0.2, 0.25) is 5.95 Å². The monoisotopic (exact) mass is 284 g/mol. The van der Waals surface area contributed by atoms with Crippen LogP contribution in [0.1, 0.15) is 10.4 Å². The largest absolute Gasteiger partial charge is 0.357 e. The summed E-state index contributed by atoms with van der Waals surface area (Å²) < 4.78 is 0. The van der Waals surface area contributed by atoms with E-state index in [0.29, 0.717) is 5.95 Å². The van der Waals surface area contributed by atoms with E-state index in [1.165, 1.54) is 10.4 Å². The van der Waals surface area contributed by atoms with E-state index < -0.39 is 0 Å². The fourth-order valence-corrected chi connectivity index (χ4v) is 2.97. The molecule has 0 fully saturated rings. The highest BCUT2D eigenvalue weighted by atomic mass is 32.1. The first-order valence-electron chi connectivity index (χ1n) is 6.46. The number of hydrogen-bond acceptors (Lipinski definition) is 5. The lowest BCUT2D eigenvalue weighted by Crippen LogP contribution is -2.01. The second-order valence-electron chi connectivity index (χ2n) is 4.66. The van der Waals surface area contributed by atoms with Gasteiger partial charge in [0.25, 0.3) is 0 Å². The van der Waals surface area contributed by atoms with Crippen molar-refractivity contribution < 1.29 is 0 Å². The van der Waals surface area contributed by atoms with E-state index in [1.54, 1.807) is 11.3 Å². The minimum Gasteiger partial charge on any atom is -0.357 e. The van der Waals surface area contributed by atoms with Gasteiger partial charge in [0.1, 0.15) is 10.6 Å². The van der Waals surface area contributed by atoms with Gasteiger partial charge in [-0.2, -0.15) is 4.98 Å². The van der Waals surface area contributed by atoms with Crippen LogP contribution in [-0.4, -0.2) is 17.0 Å². The van der Waals surface area contributed by atoms with Crippen LogP contribution in [0.5, 0.6) is 0 Å². The number of hydrogen-bond donors (Lipinski definition) is 2. The zero-order valence-electron chi connectivity index (χ0n) is 11.7. The summed E-state index contributed by atoms with van der Waals surface area (Å²) in [7, 11) is 1.83. The van der Waals surface area contributed by atoms with E-state index in [0.717, 1.165) is 21.7 Å². The van der Waals surface area contributed by atoms with E-state index in [4.69, 9.17) is 0 Å². The maximum Gasteiger partial charge on any atom is 0.225 e. The van der Waals surface area contributed by atoms with Crippen LogP contribution in [0.25, 0.3) is 10.2 Å². The minimum absolute atomic E-state index is 0.635. The van der Waals surface area contributed by atoms with Gasteiger partial charge in [-0.1, -0.05) is 18.2 Å². The SMILES string of the molecule is CNc1nc(Nc2ccccc2C)c2cc(C)sc2n1. The van der Waals surface area contributed by atoms with Crippen LogP contribution >= 0.6 is 11.3 Å². The van der Waals surface area contributed by atoms with E-state index in [2.05, 4.69) is 52.6 Å². The molecule has 0 amide bonds. The first kappa shape index (κ1) is 12.9. The van der Waals surface area contributed by atoms with Crippen LogP contribution in [0.2, 0.25) is 0 Å². The maximum atomic E-state index is 4.54. The summed E-state index contributed by atoms with van der Waals surface area (Å²) in [6.45, 7) is 4.17. The quantitative estimate of drug-likeness (QED) is 0.760. The lowest BCUT2D eigenvalue weighted by Gasteiger charge is -2.10. The van der Waals surface area contributed by atoms with E-state index in [-0.39, 0.29) is 0 Å². The summed E-state index contributed by atoms with van der Waals surface area (Å²) in [5, 5.41) is 7.50. The minimum atomic E-state index is 0.635. The molecule has 2 aromatic heterocycles. The number of benzene rings is 1. The van der Waals surface area contributed by atoms with Gasteiger partial charge in [-0.25, -0.2) is 4.98 Å².